The number of para-hydroxylation sites is 1. The van der Waals surface area contributed by atoms with E-state index in [0.29, 0.717) is 17.9 Å². The van der Waals surface area contributed by atoms with Crippen molar-refractivity contribution in [1.82, 2.24) is 0 Å². The fourth-order valence-corrected chi connectivity index (χ4v) is 2.77. The van der Waals surface area contributed by atoms with Gasteiger partial charge in [0.1, 0.15) is 12.0 Å². The molecule has 2 atom stereocenters. The number of nitrogens with zero attached hydrogens (tertiary/aromatic N) is 1. The van der Waals surface area contributed by atoms with Crippen LogP contribution in [0.25, 0.3) is 0 Å². The third-order valence-corrected chi connectivity index (χ3v) is 3.74. The van der Waals surface area contributed by atoms with E-state index in [-0.39, 0.29) is 12.5 Å². The average Bonchev–Trinajstić information content (AvgIpc) is 3.05. The van der Waals surface area contributed by atoms with E-state index < -0.39 is 18.0 Å². The number of carboxylic acid groups (broad SMARTS) is 1. The molecule has 3 rings (SSSR count). The quantitative estimate of drug-likeness (QED) is 0.873. The molecule has 1 fully saturated rings. The summed E-state index contributed by atoms with van der Waals surface area (Å²) in [6.45, 7) is 0.807. The molecule has 0 aromatic heterocycles. The number of hydrogen-bond donors (Lipinski definition) is 1. The van der Waals surface area contributed by atoms with Crippen molar-refractivity contribution in [2.75, 3.05) is 18.1 Å². The Morgan fingerprint density at radius 1 is 1.32 bits per heavy atom. The molecule has 1 saturated heterocycles. The van der Waals surface area contributed by atoms with Crippen LogP contribution in [0.4, 0.5) is 5.69 Å². The highest BCUT2D eigenvalue weighted by Crippen LogP contribution is 2.37. The number of hydrogen-bond acceptors (Lipinski definition) is 3. The lowest BCUT2D eigenvalue weighted by Gasteiger charge is -2.20. The zero-order chi connectivity index (χ0) is 13.4. The smallest absolute Gasteiger partial charge is 0.312 e. The summed E-state index contributed by atoms with van der Waals surface area (Å²) in [5.74, 6) is -1.65. The molecule has 5 nitrogen and oxygen atoms in total. The zero-order valence-electron chi connectivity index (χ0n) is 10.4. The molecule has 1 N–H and O–H groups in total. The summed E-state index contributed by atoms with van der Waals surface area (Å²) in [7, 11) is 0. The molecule has 1 unspecified atom stereocenters. The minimum Gasteiger partial charge on any atom is -0.481 e. The van der Waals surface area contributed by atoms with Crippen LogP contribution in [0, 0.1) is 0 Å². The summed E-state index contributed by atoms with van der Waals surface area (Å²) >= 11 is 0. The molecule has 100 valence electrons. The van der Waals surface area contributed by atoms with E-state index in [4.69, 9.17) is 4.74 Å². The fraction of sp³-hybridized carbons (Fsp3) is 0.429. The van der Waals surface area contributed by atoms with Gasteiger partial charge in [0.25, 0.3) is 5.91 Å². The Bertz CT molecular complexity index is 522. The maximum atomic E-state index is 12.4. The largest absolute Gasteiger partial charge is 0.481 e. The molecule has 2 heterocycles. The van der Waals surface area contributed by atoms with Crippen LogP contribution in [-0.2, 0) is 14.3 Å². The predicted molar refractivity (Wildman–Crippen MR) is 68.1 cm³/mol. The molecular formula is C14H15NO4. The van der Waals surface area contributed by atoms with Gasteiger partial charge in [-0.25, -0.2) is 0 Å². The summed E-state index contributed by atoms with van der Waals surface area (Å²) in [6.07, 6.45) is 1.18. The van der Waals surface area contributed by atoms with E-state index in [0.717, 1.165) is 12.8 Å². The molecule has 0 saturated carbocycles. The van der Waals surface area contributed by atoms with Crippen molar-refractivity contribution < 1.29 is 19.4 Å². The Kier molecular flexibility index (Phi) is 2.98. The summed E-state index contributed by atoms with van der Waals surface area (Å²) in [5.41, 5.74) is 1.41. The SMILES string of the molecule is O=C(O)C1CN(C(=O)[C@H]2CCCO2)c2ccccc21. The van der Waals surface area contributed by atoms with Crippen LogP contribution in [0.1, 0.15) is 24.3 Å². The lowest BCUT2D eigenvalue weighted by atomic mass is 10.0. The van der Waals surface area contributed by atoms with Crippen LogP contribution in [0.2, 0.25) is 0 Å². The number of benzene rings is 1. The van der Waals surface area contributed by atoms with Crippen molar-refractivity contribution in [1.29, 1.82) is 0 Å². The van der Waals surface area contributed by atoms with Gasteiger partial charge in [0.2, 0.25) is 0 Å². The van der Waals surface area contributed by atoms with E-state index in [1.165, 1.54) is 0 Å². The number of amides is 1. The first-order valence-corrected chi connectivity index (χ1v) is 6.43. The van der Waals surface area contributed by atoms with Gasteiger partial charge in [-0.1, -0.05) is 18.2 Å². The van der Waals surface area contributed by atoms with Gasteiger partial charge in [-0.15, -0.1) is 0 Å². The first-order valence-electron chi connectivity index (χ1n) is 6.43. The molecule has 0 bridgehead atoms. The minimum atomic E-state index is -0.893. The predicted octanol–water partition coefficient (Wildman–Crippen LogP) is 1.38. The van der Waals surface area contributed by atoms with Crippen LogP contribution >= 0.6 is 0 Å². The number of rotatable bonds is 2. The highest BCUT2D eigenvalue weighted by Gasteiger charge is 2.39. The van der Waals surface area contributed by atoms with E-state index in [2.05, 4.69) is 0 Å². The number of carbonyl (C=O) groups is 2. The second-order valence-corrected chi connectivity index (χ2v) is 4.90. The lowest BCUT2D eigenvalue weighted by molar-refractivity contribution is -0.138. The number of fused-ring (bicyclic) bond motifs is 1. The van der Waals surface area contributed by atoms with Crippen molar-refractivity contribution in [2.24, 2.45) is 0 Å². The van der Waals surface area contributed by atoms with Gasteiger partial charge in [-0.3, -0.25) is 9.59 Å². The van der Waals surface area contributed by atoms with Crippen LogP contribution < -0.4 is 4.90 Å². The molecular weight excluding hydrogens is 246 g/mol. The second kappa shape index (κ2) is 4.66. The van der Waals surface area contributed by atoms with Crippen molar-refractivity contribution in [3.05, 3.63) is 29.8 Å². The molecule has 2 aliphatic heterocycles. The maximum absolute atomic E-state index is 12.4. The van der Waals surface area contributed by atoms with E-state index in [9.17, 15) is 14.7 Å². The van der Waals surface area contributed by atoms with Gasteiger partial charge in [-0.05, 0) is 24.5 Å². The third kappa shape index (κ3) is 2.00. The van der Waals surface area contributed by atoms with Crippen molar-refractivity contribution >= 4 is 17.6 Å². The molecule has 0 radical (unpaired) electrons. The van der Waals surface area contributed by atoms with Gasteiger partial charge < -0.3 is 14.7 Å². The summed E-state index contributed by atoms with van der Waals surface area (Å²) in [6, 6.07) is 7.19. The number of ether oxygens (including phenoxy) is 1. The van der Waals surface area contributed by atoms with Gasteiger partial charge >= 0.3 is 5.97 Å². The molecule has 1 aromatic rings. The Morgan fingerprint density at radius 3 is 2.79 bits per heavy atom. The fourth-order valence-electron chi connectivity index (χ4n) is 2.77. The van der Waals surface area contributed by atoms with Crippen LogP contribution in [-0.4, -0.2) is 36.2 Å². The Balaban J connectivity index is 1.91. The first-order chi connectivity index (χ1) is 9.18. The second-order valence-electron chi connectivity index (χ2n) is 4.90. The van der Waals surface area contributed by atoms with Crippen molar-refractivity contribution in [3.8, 4) is 0 Å². The van der Waals surface area contributed by atoms with Crippen LogP contribution in [0.5, 0.6) is 0 Å². The highest BCUT2D eigenvalue weighted by atomic mass is 16.5. The highest BCUT2D eigenvalue weighted by molar-refractivity contribution is 6.01. The average molecular weight is 261 g/mol. The van der Waals surface area contributed by atoms with Gasteiger partial charge in [0, 0.05) is 18.8 Å². The van der Waals surface area contributed by atoms with Gasteiger partial charge in [0.15, 0.2) is 0 Å². The number of carbonyl (C=O) groups excluding carboxylic acids is 1. The van der Waals surface area contributed by atoms with Crippen LogP contribution in [0.15, 0.2) is 24.3 Å². The Morgan fingerprint density at radius 2 is 2.11 bits per heavy atom. The van der Waals surface area contributed by atoms with Crippen molar-refractivity contribution in [2.45, 2.75) is 24.9 Å². The lowest BCUT2D eigenvalue weighted by Crippen LogP contribution is -2.38. The number of carboxylic acids is 1. The van der Waals surface area contributed by atoms with Crippen LogP contribution in [0.3, 0.4) is 0 Å². The molecule has 0 spiro atoms. The summed E-state index contributed by atoms with van der Waals surface area (Å²) in [4.78, 5) is 25.2. The molecule has 2 aliphatic rings. The topological polar surface area (TPSA) is 66.8 Å². The van der Waals surface area contributed by atoms with Gasteiger partial charge in [-0.2, -0.15) is 0 Å². The normalized spacial score (nSPS) is 25.4. The standard InChI is InChI=1S/C14H15NO4/c16-13(12-6-3-7-19-12)15-8-10(14(17)18)9-4-1-2-5-11(9)15/h1-2,4-5,10,12H,3,6-8H2,(H,17,18)/t10?,12-/m1/s1. The van der Waals surface area contributed by atoms with E-state index in [1.807, 2.05) is 6.07 Å². The Labute approximate surface area is 110 Å². The van der Waals surface area contributed by atoms with Gasteiger partial charge in [0.05, 0.1) is 0 Å². The van der Waals surface area contributed by atoms with Crippen molar-refractivity contribution in [3.63, 3.8) is 0 Å². The minimum absolute atomic E-state index is 0.117. The third-order valence-electron chi connectivity index (χ3n) is 3.74. The summed E-state index contributed by atoms with van der Waals surface area (Å²) in [5, 5.41) is 9.26. The molecule has 19 heavy (non-hydrogen) atoms. The Hall–Kier alpha value is -1.88. The first kappa shape index (κ1) is 12.2. The summed E-state index contributed by atoms with van der Waals surface area (Å²) < 4.78 is 5.40. The van der Waals surface area contributed by atoms with E-state index in [1.54, 1.807) is 23.1 Å². The molecule has 5 heteroatoms. The maximum Gasteiger partial charge on any atom is 0.312 e. The monoisotopic (exact) mass is 261 g/mol. The molecule has 1 amide bonds. The molecule has 1 aromatic carbocycles. The zero-order valence-corrected chi connectivity index (χ0v) is 10.4. The number of aliphatic carboxylic acids is 1. The number of anilines is 1. The molecule has 0 aliphatic carbocycles. The van der Waals surface area contributed by atoms with E-state index >= 15 is 0 Å².